The number of thioether (sulfide) groups is 1. The SMILES string of the molecule is C=CCn1c(SCC(=O)Nc2sc3c(c2C#N)CCC(CC)C3)nnc1C(C)Oc1ccc(Br)cc1. The Morgan fingerprint density at radius 2 is 2.22 bits per heavy atom. The predicted octanol–water partition coefficient (Wildman–Crippen LogP) is 6.55. The molecule has 36 heavy (non-hydrogen) atoms. The first-order valence-electron chi connectivity index (χ1n) is 11.9. The molecule has 1 aliphatic rings. The van der Waals surface area contributed by atoms with Gasteiger partial charge in [-0.3, -0.25) is 9.36 Å². The Morgan fingerprint density at radius 1 is 1.44 bits per heavy atom. The van der Waals surface area contributed by atoms with Crippen LogP contribution in [0.1, 0.15) is 54.6 Å². The van der Waals surface area contributed by atoms with E-state index in [1.807, 2.05) is 35.8 Å². The van der Waals surface area contributed by atoms with Gasteiger partial charge in [-0.1, -0.05) is 47.1 Å². The first kappa shape index (κ1) is 26.5. The standard InChI is InChI=1S/C26H28BrN5O2S2/c1-4-12-32-24(16(3)34-19-9-7-18(27)8-10-19)30-31-26(32)35-15-23(33)29-25-21(14-28)20-11-6-17(5-2)13-22(20)36-25/h4,7-10,16-17H,1,5-6,11-13,15H2,2-3H3,(H,29,33). The van der Waals surface area contributed by atoms with Gasteiger partial charge < -0.3 is 10.1 Å². The Morgan fingerprint density at radius 3 is 2.92 bits per heavy atom. The third kappa shape index (κ3) is 6.02. The maximum Gasteiger partial charge on any atom is 0.235 e. The largest absolute Gasteiger partial charge is 0.483 e. The Labute approximate surface area is 228 Å². The Bertz CT molecular complexity index is 1280. The minimum atomic E-state index is -0.343. The van der Waals surface area contributed by atoms with Gasteiger partial charge in [0.1, 0.15) is 16.8 Å². The monoisotopic (exact) mass is 585 g/mol. The van der Waals surface area contributed by atoms with Crippen LogP contribution in [-0.2, 0) is 24.2 Å². The molecule has 1 aromatic carbocycles. The normalized spacial score (nSPS) is 15.6. The molecule has 2 heterocycles. The molecule has 0 saturated heterocycles. The molecule has 0 fully saturated rings. The number of thiophene rings is 1. The number of carbonyl (C=O) groups is 1. The van der Waals surface area contributed by atoms with Gasteiger partial charge in [-0.05, 0) is 61.9 Å². The van der Waals surface area contributed by atoms with Crippen molar-refractivity contribution in [1.82, 2.24) is 14.8 Å². The van der Waals surface area contributed by atoms with Gasteiger partial charge in [-0.25, -0.2) is 0 Å². The molecular weight excluding hydrogens is 558 g/mol. The van der Waals surface area contributed by atoms with E-state index in [0.717, 1.165) is 41.5 Å². The summed E-state index contributed by atoms with van der Waals surface area (Å²) in [4.78, 5) is 14.1. The fraction of sp³-hybridized carbons (Fsp3) is 0.385. The van der Waals surface area contributed by atoms with Crippen LogP contribution in [0.4, 0.5) is 5.00 Å². The number of rotatable bonds is 10. The van der Waals surface area contributed by atoms with Crippen LogP contribution in [0.2, 0.25) is 0 Å². The summed E-state index contributed by atoms with van der Waals surface area (Å²) >= 11 is 6.28. The highest BCUT2D eigenvalue weighted by Gasteiger charge is 2.26. The molecule has 7 nitrogen and oxygen atoms in total. The second-order valence-electron chi connectivity index (χ2n) is 8.63. The van der Waals surface area contributed by atoms with Crippen molar-refractivity contribution in [2.75, 3.05) is 11.1 Å². The lowest BCUT2D eigenvalue weighted by molar-refractivity contribution is -0.113. The number of hydrogen-bond donors (Lipinski definition) is 1. The highest BCUT2D eigenvalue weighted by molar-refractivity contribution is 9.10. The van der Waals surface area contributed by atoms with Crippen LogP contribution in [0, 0.1) is 17.2 Å². The molecule has 2 aromatic heterocycles. The fourth-order valence-electron chi connectivity index (χ4n) is 4.28. The molecule has 2 unspecified atom stereocenters. The maximum absolute atomic E-state index is 12.8. The molecule has 1 N–H and O–H groups in total. The van der Waals surface area contributed by atoms with E-state index in [1.165, 1.54) is 16.6 Å². The second kappa shape index (κ2) is 12.1. The molecule has 2 atom stereocenters. The number of nitrogens with one attached hydrogen (secondary N) is 1. The molecule has 10 heteroatoms. The van der Waals surface area contributed by atoms with Crippen LogP contribution < -0.4 is 10.1 Å². The molecule has 0 bridgehead atoms. The summed E-state index contributed by atoms with van der Waals surface area (Å²) < 4.78 is 8.93. The molecule has 0 aliphatic heterocycles. The lowest BCUT2D eigenvalue weighted by Crippen LogP contribution is -2.15. The number of aromatic nitrogens is 3. The smallest absolute Gasteiger partial charge is 0.235 e. The summed E-state index contributed by atoms with van der Waals surface area (Å²) in [6, 6.07) is 9.92. The van der Waals surface area contributed by atoms with Crippen LogP contribution in [0.5, 0.6) is 5.75 Å². The Balaban J connectivity index is 1.42. The number of halogens is 1. The Hall–Kier alpha value is -2.61. The molecule has 0 spiro atoms. The highest BCUT2D eigenvalue weighted by atomic mass is 79.9. The average molecular weight is 587 g/mol. The summed E-state index contributed by atoms with van der Waals surface area (Å²) in [7, 11) is 0. The van der Waals surface area contributed by atoms with E-state index in [9.17, 15) is 10.1 Å². The molecule has 0 saturated carbocycles. The van der Waals surface area contributed by atoms with Gasteiger partial charge in [-0.15, -0.1) is 28.1 Å². The summed E-state index contributed by atoms with van der Waals surface area (Å²) in [5, 5.41) is 22.6. The van der Waals surface area contributed by atoms with E-state index in [-0.39, 0.29) is 17.8 Å². The lowest BCUT2D eigenvalue weighted by Gasteiger charge is -2.20. The number of carbonyl (C=O) groups excluding carboxylic acids is 1. The van der Waals surface area contributed by atoms with Gasteiger partial charge in [0.05, 0.1) is 11.3 Å². The van der Waals surface area contributed by atoms with Crippen molar-refractivity contribution < 1.29 is 9.53 Å². The first-order valence-corrected chi connectivity index (χ1v) is 14.5. The minimum Gasteiger partial charge on any atom is -0.483 e. The molecule has 3 aromatic rings. The summed E-state index contributed by atoms with van der Waals surface area (Å²) in [6.07, 6.45) is 5.56. The predicted molar refractivity (Wildman–Crippen MR) is 148 cm³/mol. The van der Waals surface area contributed by atoms with E-state index in [1.54, 1.807) is 17.4 Å². The van der Waals surface area contributed by atoms with E-state index >= 15 is 0 Å². The van der Waals surface area contributed by atoms with Crippen LogP contribution in [-0.4, -0.2) is 26.4 Å². The fourth-order valence-corrected chi connectivity index (χ4v) is 6.63. The van der Waals surface area contributed by atoms with Crippen molar-refractivity contribution >= 4 is 49.9 Å². The van der Waals surface area contributed by atoms with Gasteiger partial charge in [0, 0.05) is 15.9 Å². The number of fused-ring (bicyclic) bond motifs is 1. The van der Waals surface area contributed by atoms with Crippen LogP contribution in [0.25, 0.3) is 0 Å². The molecule has 0 radical (unpaired) electrons. The lowest BCUT2D eigenvalue weighted by atomic mass is 9.86. The zero-order chi connectivity index (χ0) is 25.7. The third-order valence-corrected chi connectivity index (χ3v) is 8.85. The zero-order valence-corrected chi connectivity index (χ0v) is 23.5. The summed E-state index contributed by atoms with van der Waals surface area (Å²) in [6.45, 7) is 8.46. The number of anilines is 1. The zero-order valence-electron chi connectivity index (χ0n) is 20.3. The van der Waals surface area contributed by atoms with Crippen LogP contribution in [0.3, 0.4) is 0 Å². The van der Waals surface area contributed by atoms with Gasteiger partial charge >= 0.3 is 0 Å². The van der Waals surface area contributed by atoms with Gasteiger partial charge in [0.15, 0.2) is 17.1 Å². The highest BCUT2D eigenvalue weighted by Crippen LogP contribution is 2.40. The number of nitriles is 1. The number of amides is 1. The number of nitrogens with zero attached hydrogens (tertiary/aromatic N) is 4. The van der Waals surface area contributed by atoms with Crippen LogP contribution in [0.15, 0.2) is 46.5 Å². The maximum atomic E-state index is 12.8. The van der Waals surface area contributed by atoms with Gasteiger partial charge in [0.2, 0.25) is 5.91 Å². The average Bonchev–Trinajstić information content (AvgIpc) is 3.44. The van der Waals surface area contributed by atoms with E-state index < -0.39 is 0 Å². The quantitative estimate of drug-likeness (QED) is 0.214. The van der Waals surface area contributed by atoms with Crippen LogP contribution >= 0.6 is 39.0 Å². The van der Waals surface area contributed by atoms with E-state index in [0.29, 0.717) is 34.0 Å². The van der Waals surface area contributed by atoms with Crippen molar-refractivity contribution in [3.8, 4) is 11.8 Å². The molecular formula is C26H28BrN5O2S2. The summed E-state index contributed by atoms with van der Waals surface area (Å²) in [5.74, 6) is 2.02. The molecule has 4 rings (SSSR count). The van der Waals surface area contributed by atoms with Crippen molar-refractivity contribution in [1.29, 1.82) is 5.26 Å². The number of benzene rings is 1. The number of allylic oxidation sites excluding steroid dienone is 1. The second-order valence-corrected chi connectivity index (χ2v) is 11.6. The van der Waals surface area contributed by atoms with E-state index in [4.69, 9.17) is 4.74 Å². The third-order valence-electron chi connectivity index (χ3n) is 6.19. The van der Waals surface area contributed by atoms with Gasteiger partial charge in [0.25, 0.3) is 0 Å². The van der Waals surface area contributed by atoms with Crippen molar-refractivity contribution in [2.24, 2.45) is 5.92 Å². The topological polar surface area (TPSA) is 92.8 Å². The Kier molecular flexibility index (Phi) is 8.88. The van der Waals surface area contributed by atoms with Gasteiger partial charge in [-0.2, -0.15) is 5.26 Å². The molecule has 188 valence electrons. The summed E-state index contributed by atoms with van der Waals surface area (Å²) in [5.41, 5.74) is 1.74. The number of hydrogen-bond acceptors (Lipinski definition) is 7. The first-order chi connectivity index (χ1) is 17.4. The minimum absolute atomic E-state index is 0.155. The molecule has 1 amide bonds. The van der Waals surface area contributed by atoms with Crippen molar-refractivity contribution in [3.63, 3.8) is 0 Å². The number of ether oxygens (including phenoxy) is 1. The van der Waals surface area contributed by atoms with Crippen molar-refractivity contribution in [3.05, 3.63) is 63.2 Å². The van der Waals surface area contributed by atoms with Crippen molar-refractivity contribution in [2.45, 2.75) is 57.3 Å². The molecule has 1 aliphatic carbocycles. The van der Waals surface area contributed by atoms with E-state index in [2.05, 4.69) is 51.0 Å².